The summed E-state index contributed by atoms with van der Waals surface area (Å²) < 4.78 is 0. The Labute approximate surface area is 99.4 Å². The van der Waals surface area contributed by atoms with Gasteiger partial charge in [-0.05, 0) is 12.8 Å². The maximum absolute atomic E-state index is 12.1. The lowest BCUT2D eigenvalue weighted by atomic mass is 10.1. The summed E-state index contributed by atoms with van der Waals surface area (Å²) in [5.41, 5.74) is 0.775. The van der Waals surface area contributed by atoms with Crippen molar-refractivity contribution in [3.05, 3.63) is 18.2 Å². The molecule has 2 heterocycles. The average molecular weight is 236 g/mol. The maximum atomic E-state index is 12.1. The van der Waals surface area contributed by atoms with Crippen LogP contribution in [0.1, 0.15) is 18.5 Å². The summed E-state index contributed by atoms with van der Waals surface area (Å²) in [6.07, 6.45) is 6.39. The molecule has 6 nitrogen and oxygen atoms in total. The average Bonchev–Trinajstić information content (AvgIpc) is 3.00. The fraction of sp³-hybridized carbons (Fsp3) is 0.545. The van der Waals surface area contributed by atoms with Gasteiger partial charge in [0.05, 0.1) is 12.0 Å². The molecule has 0 aliphatic carbocycles. The van der Waals surface area contributed by atoms with Crippen LogP contribution in [0.3, 0.4) is 0 Å². The predicted molar refractivity (Wildman–Crippen MR) is 61.1 cm³/mol. The number of hydrogen-bond donors (Lipinski definition) is 2. The first kappa shape index (κ1) is 11.6. The van der Waals surface area contributed by atoms with Gasteiger partial charge in [-0.1, -0.05) is 0 Å². The van der Waals surface area contributed by atoms with E-state index in [0.29, 0.717) is 12.8 Å². The zero-order valence-corrected chi connectivity index (χ0v) is 9.56. The number of likely N-dealkylation sites (tertiary alicyclic amines) is 1. The van der Waals surface area contributed by atoms with Crippen LogP contribution in [-0.2, 0) is 16.0 Å². The van der Waals surface area contributed by atoms with E-state index in [0.717, 1.165) is 31.6 Å². The first-order chi connectivity index (χ1) is 8.31. The van der Waals surface area contributed by atoms with Crippen LogP contribution in [0.4, 0.5) is 0 Å². The maximum Gasteiger partial charge on any atom is 0.245 e. The molecule has 0 bridgehead atoms. The molecule has 1 saturated heterocycles. The molecule has 2 amide bonds. The molecule has 0 unspecified atom stereocenters. The van der Waals surface area contributed by atoms with E-state index in [2.05, 4.69) is 15.3 Å². The molecule has 0 spiro atoms. The van der Waals surface area contributed by atoms with Gasteiger partial charge in [0, 0.05) is 25.7 Å². The predicted octanol–water partition coefficient (Wildman–Crippen LogP) is -0.311. The molecule has 2 N–H and O–H groups in total. The van der Waals surface area contributed by atoms with Crippen LogP contribution in [0.2, 0.25) is 0 Å². The Kier molecular flexibility index (Phi) is 3.74. The Hall–Kier alpha value is -1.85. The molecular weight excluding hydrogens is 220 g/mol. The highest BCUT2D eigenvalue weighted by atomic mass is 16.2. The monoisotopic (exact) mass is 236 g/mol. The van der Waals surface area contributed by atoms with E-state index in [-0.39, 0.29) is 5.91 Å². The Morgan fingerprint density at radius 3 is 2.94 bits per heavy atom. The lowest BCUT2D eigenvalue weighted by molar-refractivity contribution is -0.133. The van der Waals surface area contributed by atoms with Crippen molar-refractivity contribution in [2.75, 3.05) is 13.1 Å². The molecule has 1 aromatic heterocycles. The Bertz CT molecular complexity index is 371. The fourth-order valence-corrected chi connectivity index (χ4v) is 2.07. The van der Waals surface area contributed by atoms with E-state index in [4.69, 9.17) is 0 Å². The number of rotatable bonds is 5. The number of hydrogen-bond acceptors (Lipinski definition) is 3. The lowest BCUT2D eigenvalue weighted by Gasteiger charge is -2.22. The van der Waals surface area contributed by atoms with Crippen LogP contribution in [0, 0.1) is 0 Å². The van der Waals surface area contributed by atoms with Gasteiger partial charge in [-0.2, -0.15) is 0 Å². The second kappa shape index (κ2) is 5.47. The summed E-state index contributed by atoms with van der Waals surface area (Å²) in [5, 5.41) is 2.57. The smallest absolute Gasteiger partial charge is 0.245 e. The first-order valence-corrected chi connectivity index (χ1v) is 5.77. The van der Waals surface area contributed by atoms with Crippen molar-refractivity contribution in [3.8, 4) is 0 Å². The summed E-state index contributed by atoms with van der Waals surface area (Å²) >= 11 is 0. The minimum Gasteiger partial charge on any atom is -0.351 e. The van der Waals surface area contributed by atoms with E-state index in [9.17, 15) is 9.59 Å². The number of H-pyrrole nitrogens is 1. The molecule has 0 aromatic carbocycles. The highest BCUT2D eigenvalue weighted by molar-refractivity contribution is 5.84. The van der Waals surface area contributed by atoms with E-state index in [1.165, 1.54) is 0 Å². The standard InChI is InChI=1S/C11H16N4O2/c16-8-14-10(5-9-6-12-7-13-9)11(17)15-3-1-2-4-15/h6-8,10H,1-5H2,(H,12,13)(H,14,16)/t10-/m0/s1. The molecule has 1 atom stereocenters. The van der Waals surface area contributed by atoms with Crippen LogP contribution >= 0.6 is 0 Å². The quantitative estimate of drug-likeness (QED) is 0.688. The van der Waals surface area contributed by atoms with E-state index in [1.807, 2.05) is 0 Å². The molecule has 0 radical (unpaired) electrons. The van der Waals surface area contributed by atoms with Gasteiger partial charge in [0.1, 0.15) is 6.04 Å². The van der Waals surface area contributed by atoms with Crippen molar-refractivity contribution in [1.82, 2.24) is 20.2 Å². The number of nitrogens with one attached hydrogen (secondary N) is 2. The number of carbonyl (C=O) groups is 2. The third kappa shape index (κ3) is 2.83. The number of aromatic amines is 1. The molecule has 1 aliphatic rings. The van der Waals surface area contributed by atoms with Crippen LogP contribution < -0.4 is 5.32 Å². The zero-order valence-electron chi connectivity index (χ0n) is 9.56. The zero-order chi connectivity index (χ0) is 12.1. The van der Waals surface area contributed by atoms with Gasteiger partial charge in [-0.15, -0.1) is 0 Å². The second-order valence-corrected chi connectivity index (χ2v) is 4.13. The SMILES string of the molecule is O=CN[C@@H](Cc1c[nH]cn1)C(=O)N1CCCC1. The van der Waals surface area contributed by atoms with E-state index >= 15 is 0 Å². The van der Waals surface area contributed by atoms with Crippen molar-refractivity contribution in [3.63, 3.8) is 0 Å². The normalized spacial score (nSPS) is 16.8. The minimum atomic E-state index is -0.506. The lowest BCUT2D eigenvalue weighted by Crippen LogP contribution is -2.46. The van der Waals surface area contributed by atoms with Gasteiger partial charge < -0.3 is 15.2 Å². The first-order valence-electron chi connectivity index (χ1n) is 5.77. The van der Waals surface area contributed by atoms with Crippen LogP contribution in [-0.4, -0.2) is 46.3 Å². The van der Waals surface area contributed by atoms with Crippen molar-refractivity contribution in [2.45, 2.75) is 25.3 Å². The van der Waals surface area contributed by atoms with E-state index in [1.54, 1.807) is 17.4 Å². The Morgan fingerprint density at radius 1 is 1.59 bits per heavy atom. The number of aromatic nitrogens is 2. The summed E-state index contributed by atoms with van der Waals surface area (Å²) in [6.45, 7) is 1.58. The highest BCUT2D eigenvalue weighted by Crippen LogP contribution is 2.10. The number of nitrogens with zero attached hydrogens (tertiary/aromatic N) is 2. The number of carbonyl (C=O) groups excluding carboxylic acids is 2. The van der Waals surface area contributed by atoms with E-state index < -0.39 is 6.04 Å². The molecule has 92 valence electrons. The van der Waals surface area contributed by atoms with Gasteiger partial charge in [-0.3, -0.25) is 9.59 Å². The number of imidazole rings is 1. The molecule has 2 rings (SSSR count). The molecular formula is C11H16N4O2. The largest absolute Gasteiger partial charge is 0.351 e. The summed E-state index contributed by atoms with van der Waals surface area (Å²) in [4.78, 5) is 31.4. The second-order valence-electron chi connectivity index (χ2n) is 4.13. The molecule has 6 heteroatoms. The van der Waals surface area contributed by atoms with Crippen LogP contribution in [0.25, 0.3) is 0 Å². The molecule has 17 heavy (non-hydrogen) atoms. The van der Waals surface area contributed by atoms with Crippen molar-refractivity contribution >= 4 is 12.3 Å². The summed E-state index contributed by atoms with van der Waals surface area (Å²) in [5.74, 6) is -0.0161. The molecule has 0 saturated carbocycles. The minimum absolute atomic E-state index is 0.0161. The third-order valence-electron chi connectivity index (χ3n) is 2.95. The van der Waals surface area contributed by atoms with Crippen LogP contribution in [0.5, 0.6) is 0 Å². The van der Waals surface area contributed by atoms with Crippen LogP contribution in [0.15, 0.2) is 12.5 Å². The number of amides is 2. The van der Waals surface area contributed by atoms with Crippen molar-refractivity contribution in [2.24, 2.45) is 0 Å². The van der Waals surface area contributed by atoms with Crippen molar-refractivity contribution < 1.29 is 9.59 Å². The molecule has 1 aliphatic heterocycles. The fourth-order valence-electron chi connectivity index (χ4n) is 2.07. The molecule has 1 fully saturated rings. The summed E-state index contributed by atoms with van der Waals surface area (Å²) in [7, 11) is 0. The van der Waals surface area contributed by atoms with Crippen molar-refractivity contribution in [1.29, 1.82) is 0 Å². The Balaban J connectivity index is 2.00. The third-order valence-corrected chi connectivity index (χ3v) is 2.95. The van der Waals surface area contributed by atoms with Gasteiger partial charge in [0.15, 0.2) is 0 Å². The topological polar surface area (TPSA) is 78.1 Å². The highest BCUT2D eigenvalue weighted by Gasteiger charge is 2.26. The van der Waals surface area contributed by atoms with Gasteiger partial charge in [0.25, 0.3) is 0 Å². The van der Waals surface area contributed by atoms with Gasteiger partial charge >= 0.3 is 0 Å². The van der Waals surface area contributed by atoms with Gasteiger partial charge in [0.2, 0.25) is 12.3 Å². The summed E-state index contributed by atoms with van der Waals surface area (Å²) in [6, 6.07) is -0.506. The Morgan fingerprint density at radius 2 is 2.35 bits per heavy atom. The van der Waals surface area contributed by atoms with Gasteiger partial charge in [-0.25, -0.2) is 4.98 Å². The molecule has 1 aromatic rings.